The molecule has 0 aliphatic heterocycles. The van der Waals surface area contributed by atoms with Gasteiger partial charge in [0.15, 0.2) is 0 Å². The van der Waals surface area contributed by atoms with Gasteiger partial charge in [0.05, 0.1) is 5.92 Å². The third kappa shape index (κ3) is 5.73. The van der Waals surface area contributed by atoms with Crippen molar-refractivity contribution in [2.24, 2.45) is 5.92 Å². The standard InChI is InChI=1S/C22H27NO3/c1-15(2)13-18-9-11-19(12-10-18)16(3)21(24)23-20(22(25)26)14-17-7-5-4-6-8-17/h4-12,15-16,20H,13-14H2,1-3H3,(H,23,24)(H,25,26). The van der Waals surface area contributed by atoms with Crippen LogP contribution in [0.2, 0.25) is 0 Å². The van der Waals surface area contributed by atoms with Crippen LogP contribution in [0.25, 0.3) is 0 Å². The summed E-state index contributed by atoms with van der Waals surface area (Å²) in [6, 6.07) is 16.4. The fourth-order valence-electron chi connectivity index (χ4n) is 2.91. The second-order valence-electron chi connectivity index (χ2n) is 7.15. The number of carboxylic acid groups (broad SMARTS) is 1. The normalized spacial score (nSPS) is 13.2. The molecule has 4 nitrogen and oxygen atoms in total. The van der Waals surface area contributed by atoms with Crippen LogP contribution in [0.15, 0.2) is 54.6 Å². The quantitative estimate of drug-likeness (QED) is 0.758. The Hall–Kier alpha value is -2.62. The number of rotatable bonds is 8. The lowest BCUT2D eigenvalue weighted by atomic mass is 9.95. The second kappa shape index (κ2) is 9.18. The molecule has 26 heavy (non-hydrogen) atoms. The van der Waals surface area contributed by atoms with E-state index in [0.29, 0.717) is 5.92 Å². The van der Waals surface area contributed by atoms with Gasteiger partial charge >= 0.3 is 5.97 Å². The van der Waals surface area contributed by atoms with E-state index in [1.54, 1.807) is 6.92 Å². The molecule has 0 heterocycles. The summed E-state index contributed by atoms with van der Waals surface area (Å²) in [5, 5.41) is 12.1. The molecule has 0 aromatic heterocycles. The van der Waals surface area contributed by atoms with Crippen LogP contribution in [-0.2, 0) is 22.4 Å². The zero-order valence-electron chi connectivity index (χ0n) is 15.6. The van der Waals surface area contributed by atoms with E-state index in [-0.39, 0.29) is 12.3 Å². The number of hydrogen-bond donors (Lipinski definition) is 2. The van der Waals surface area contributed by atoms with Crippen molar-refractivity contribution in [3.8, 4) is 0 Å². The number of amides is 1. The van der Waals surface area contributed by atoms with Crippen LogP contribution >= 0.6 is 0 Å². The van der Waals surface area contributed by atoms with Crippen LogP contribution < -0.4 is 5.32 Å². The van der Waals surface area contributed by atoms with Crippen LogP contribution in [0.3, 0.4) is 0 Å². The highest BCUT2D eigenvalue weighted by Gasteiger charge is 2.24. The number of hydrogen-bond acceptors (Lipinski definition) is 2. The number of carbonyl (C=O) groups is 2. The van der Waals surface area contributed by atoms with Crippen molar-refractivity contribution in [1.29, 1.82) is 0 Å². The molecule has 0 saturated carbocycles. The highest BCUT2D eigenvalue weighted by Crippen LogP contribution is 2.18. The van der Waals surface area contributed by atoms with Gasteiger partial charge < -0.3 is 10.4 Å². The van der Waals surface area contributed by atoms with E-state index >= 15 is 0 Å². The van der Waals surface area contributed by atoms with Gasteiger partial charge in [-0.3, -0.25) is 4.79 Å². The first kappa shape index (κ1) is 19.7. The number of nitrogens with one attached hydrogen (secondary N) is 1. The third-order valence-corrected chi connectivity index (χ3v) is 4.41. The first-order chi connectivity index (χ1) is 12.4. The Morgan fingerprint density at radius 1 is 0.885 bits per heavy atom. The molecule has 138 valence electrons. The zero-order chi connectivity index (χ0) is 19.1. The Morgan fingerprint density at radius 3 is 2.00 bits per heavy atom. The van der Waals surface area contributed by atoms with E-state index < -0.39 is 17.9 Å². The summed E-state index contributed by atoms with van der Waals surface area (Å²) in [5.74, 6) is -1.12. The van der Waals surface area contributed by atoms with Gasteiger partial charge in [-0.1, -0.05) is 68.4 Å². The lowest BCUT2D eigenvalue weighted by molar-refractivity contribution is -0.141. The molecule has 0 bridgehead atoms. The first-order valence-corrected chi connectivity index (χ1v) is 9.02. The molecule has 2 aromatic carbocycles. The fourth-order valence-corrected chi connectivity index (χ4v) is 2.91. The van der Waals surface area contributed by atoms with Crippen molar-refractivity contribution in [1.82, 2.24) is 5.32 Å². The van der Waals surface area contributed by atoms with E-state index in [4.69, 9.17) is 0 Å². The molecule has 4 heteroatoms. The molecule has 2 unspecified atom stereocenters. The summed E-state index contributed by atoms with van der Waals surface area (Å²) in [5.41, 5.74) is 3.01. The Labute approximate surface area is 155 Å². The van der Waals surface area contributed by atoms with E-state index in [1.165, 1.54) is 5.56 Å². The Morgan fingerprint density at radius 2 is 1.46 bits per heavy atom. The average Bonchev–Trinajstić information content (AvgIpc) is 2.61. The van der Waals surface area contributed by atoms with Crippen LogP contribution in [0, 0.1) is 5.92 Å². The molecule has 1 amide bonds. The molecule has 0 aliphatic rings. The minimum Gasteiger partial charge on any atom is -0.480 e. The number of carboxylic acids is 1. The minimum atomic E-state index is -1.03. The smallest absolute Gasteiger partial charge is 0.326 e. The molecular weight excluding hydrogens is 326 g/mol. The second-order valence-corrected chi connectivity index (χ2v) is 7.15. The van der Waals surface area contributed by atoms with Crippen LogP contribution in [0.1, 0.15) is 43.4 Å². The Balaban J connectivity index is 2.02. The molecular formula is C22H27NO3. The largest absolute Gasteiger partial charge is 0.480 e. The molecule has 0 fully saturated rings. The first-order valence-electron chi connectivity index (χ1n) is 9.02. The van der Waals surface area contributed by atoms with Crippen molar-refractivity contribution in [3.05, 3.63) is 71.3 Å². The number of benzene rings is 2. The van der Waals surface area contributed by atoms with E-state index in [9.17, 15) is 14.7 Å². The maximum absolute atomic E-state index is 12.5. The highest BCUT2D eigenvalue weighted by atomic mass is 16.4. The lowest BCUT2D eigenvalue weighted by Crippen LogP contribution is -2.44. The molecule has 2 aromatic rings. The Bertz CT molecular complexity index is 723. The summed E-state index contributed by atoms with van der Waals surface area (Å²) in [7, 11) is 0. The van der Waals surface area contributed by atoms with Crippen LogP contribution in [0.5, 0.6) is 0 Å². The SMILES string of the molecule is CC(C)Cc1ccc(C(C)C(=O)NC(Cc2ccccc2)C(=O)O)cc1. The molecule has 0 spiro atoms. The minimum absolute atomic E-state index is 0.266. The predicted octanol–water partition coefficient (Wildman–Crippen LogP) is 3.80. The van der Waals surface area contributed by atoms with Gasteiger partial charge in [0.25, 0.3) is 0 Å². The topological polar surface area (TPSA) is 66.4 Å². The predicted molar refractivity (Wildman–Crippen MR) is 103 cm³/mol. The molecule has 0 saturated heterocycles. The van der Waals surface area contributed by atoms with Crippen molar-refractivity contribution in [2.75, 3.05) is 0 Å². The van der Waals surface area contributed by atoms with Gasteiger partial charge in [0.2, 0.25) is 5.91 Å². The van der Waals surface area contributed by atoms with Gasteiger partial charge in [-0.25, -0.2) is 4.79 Å². The summed E-state index contributed by atoms with van der Waals surface area (Å²) in [6.45, 7) is 6.14. The lowest BCUT2D eigenvalue weighted by Gasteiger charge is -2.18. The molecule has 0 radical (unpaired) electrons. The van der Waals surface area contributed by atoms with Crippen molar-refractivity contribution in [3.63, 3.8) is 0 Å². The summed E-state index contributed by atoms with van der Waals surface area (Å²) >= 11 is 0. The Kier molecular flexibility index (Phi) is 6.96. The van der Waals surface area contributed by atoms with Crippen molar-refractivity contribution < 1.29 is 14.7 Å². The monoisotopic (exact) mass is 353 g/mol. The van der Waals surface area contributed by atoms with Gasteiger partial charge in [-0.05, 0) is 36.0 Å². The average molecular weight is 353 g/mol. The van der Waals surface area contributed by atoms with E-state index in [0.717, 1.165) is 17.5 Å². The number of aliphatic carboxylic acids is 1. The molecule has 2 atom stereocenters. The molecule has 0 aliphatic carbocycles. The van der Waals surface area contributed by atoms with Crippen molar-refractivity contribution in [2.45, 2.75) is 45.6 Å². The third-order valence-electron chi connectivity index (χ3n) is 4.41. The summed E-state index contributed by atoms with van der Waals surface area (Å²) < 4.78 is 0. The van der Waals surface area contributed by atoms with Crippen molar-refractivity contribution >= 4 is 11.9 Å². The highest BCUT2D eigenvalue weighted by molar-refractivity contribution is 5.88. The van der Waals surface area contributed by atoms with Crippen LogP contribution in [-0.4, -0.2) is 23.0 Å². The van der Waals surface area contributed by atoms with E-state index in [2.05, 4.69) is 19.2 Å². The van der Waals surface area contributed by atoms with Gasteiger partial charge in [-0.2, -0.15) is 0 Å². The van der Waals surface area contributed by atoms with Gasteiger partial charge in [-0.15, -0.1) is 0 Å². The summed E-state index contributed by atoms with van der Waals surface area (Å²) in [6.07, 6.45) is 1.26. The maximum atomic E-state index is 12.5. The molecule has 2 N–H and O–H groups in total. The molecule has 2 rings (SSSR count). The van der Waals surface area contributed by atoms with Crippen LogP contribution in [0.4, 0.5) is 0 Å². The van der Waals surface area contributed by atoms with Gasteiger partial charge in [0, 0.05) is 6.42 Å². The number of carbonyl (C=O) groups excluding carboxylic acids is 1. The maximum Gasteiger partial charge on any atom is 0.326 e. The van der Waals surface area contributed by atoms with E-state index in [1.807, 2.05) is 54.6 Å². The fraction of sp³-hybridized carbons (Fsp3) is 0.364. The summed E-state index contributed by atoms with van der Waals surface area (Å²) in [4.78, 5) is 24.1. The zero-order valence-corrected chi connectivity index (χ0v) is 15.6. The van der Waals surface area contributed by atoms with Gasteiger partial charge in [0.1, 0.15) is 6.04 Å².